The van der Waals surface area contributed by atoms with E-state index < -0.39 is 6.17 Å². The number of hydrogen-bond acceptors (Lipinski definition) is 5. The van der Waals surface area contributed by atoms with Gasteiger partial charge < -0.3 is 24.8 Å². The average Bonchev–Trinajstić information content (AvgIpc) is 2.52. The fraction of sp³-hybridized carbons (Fsp3) is 0.941. The number of ether oxygens (including phenoxy) is 3. The number of halogens is 1. The minimum absolute atomic E-state index is 0.00762. The molecule has 0 fully saturated rings. The van der Waals surface area contributed by atoms with Crippen LogP contribution >= 0.6 is 0 Å². The Labute approximate surface area is 145 Å². The summed E-state index contributed by atoms with van der Waals surface area (Å²) < 4.78 is 29.7. The Morgan fingerprint density at radius 1 is 1.08 bits per heavy atom. The molecule has 0 saturated heterocycles. The van der Waals surface area contributed by atoms with Crippen molar-refractivity contribution in [1.29, 1.82) is 0 Å². The predicted octanol–water partition coefficient (Wildman–Crippen LogP) is 1.68. The molecule has 1 amide bonds. The highest BCUT2D eigenvalue weighted by Gasteiger charge is 2.10. The van der Waals surface area contributed by atoms with Gasteiger partial charge >= 0.3 is 0 Å². The van der Waals surface area contributed by atoms with E-state index in [1.807, 2.05) is 13.8 Å². The molecule has 0 aliphatic carbocycles. The van der Waals surface area contributed by atoms with Gasteiger partial charge in [-0.2, -0.15) is 0 Å². The van der Waals surface area contributed by atoms with Crippen LogP contribution in [-0.2, 0) is 19.0 Å². The molecule has 0 aromatic heterocycles. The van der Waals surface area contributed by atoms with Crippen LogP contribution in [0.5, 0.6) is 0 Å². The van der Waals surface area contributed by atoms with E-state index in [4.69, 9.17) is 14.2 Å². The maximum atomic E-state index is 13.5. The van der Waals surface area contributed by atoms with Crippen molar-refractivity contribution in [1.82, 2.24) is 10.6 Å². The van der Waals surface area contributed by atoms with E-state index in [2.05, 4.69) is 24.5 Å². The first-order chi connectivity index (χ1) is 11.5. The second kappa shape index (κ2) is 15.7. The standard InChI is InChI=1S/C17H35FN2O4/c1-5-6-17(21)20-11-16(18)13-23-12-15(4)24-10-9-22-8-7-19-14(2)3/h14-16,19H,5-13H2,1-4H3,(H,20,21). The van der Waals surface area contributed by atoms with Crippen LogP contribution in [0.15, 0.2) is 0 Å². The maximum Gasteiger partial charge on any atom is 0.220 e. The highest BCUT2D eigenvalue weighted by molar-refractivity contribution is 5.75. The lowest BCUT2D eigenvalue weighted by molar-refractivity contribution is -0.121. The van der Waals surface area contributed by atoms with Crippen LogP contribution in [0, 0.1) is 0 Å². The van der Waals surface area contributed by atoms with E-state index >= 15 is 0 Å². The lowest BCUT2D eigenvalue weighted by atomic mass is 10.3. The van der Waals surface area contributed by atoms with Gasteiger partial charge in [0, 0.05) is 19.0 Å². The quantitative estimate of drug-likeness (QED) is 0.415. The number of carbonyl (C=O) groups is 1. The van der Waals surface area contributed by atoms with Crippen molar-refractivity contribution in [2.45, 2.75) is 58.9 Å². The van der Waals surface area contributed by atoms with E-state index in [0.29, 0.717) is 38.9 Å². The van der Waals surface area contributed by atoms with E-state index in [1.54, 1.807) is 0 Å². The van der Waals surface area contributed by atoms with Crippen molar-refractivity contribution >= 4 is 5.91 Å². The van der Waals surface area contributed by atoms with Crippen molar-refractivity contribution in [3.8, 4) is 0 Å². The van der Waals surface area contributed by atoms with E-state index in [0.717, 1.165) is 13.0 Å². The summed E-state index contributed by atoms with van der Waals surface area (Å²) in [6.45, 7) is 10.7. The number of rotatable bonds is 16. The highest BCUT2D eigenvalue weighted by atomic mass is 19.1. The fourth-order valence-electron chi connectivity index (χ4n) is 1.84. The molecule has 0 aromatic rings. The molecule has 0 saturated carbocycles. The normalized spacial score (nSPS) is 13.9. The van der Waals surface area contributed by atoms with Gasteiger partial charge in [0.05, 0.1) is 45.7 Å². The van der Waals surface area contributed by atoms with Gasteiger partial charge in [-0.25, -0.2) is 4.39 Å². The second-order valence-corrected chi connectivity index (χ2v) is 6.09. The molecule has 24 heavy (non-hydrogen) atoms. The largest absolute Gasteiger partial charge is 0.378 e. The Bertz CT molecular complexity index is 306. The van der Waals surface area contributed by atoms with Crippen LogP contribution in [0.25, 0.3) is 0 Å². The zero-order valence-electron chi connectivity index (χ0n) is 15.6. The molecule has 2 N–H and O–H groups in total. The van der Waals surface area contributed by atoms with Crippen molar-refractivity contribution in [2.75, 3.05) is 46.1 Å². The van der Waals surface area contributed by atoms with Gasteiger partial charge in [0.2, 0.25) is 5.91 Å². The van der Waals surface area contributed by atoms with Gasteiger partial charge in [-0.1, -0.05) is 20.8 Å². The summed E-state index contributed by atoms with van der Waals surface area (Å²) >= 11 is 0. The molecule has 7 heteroatoms. The summed E-state index contributed by atoms with van der Waals surface area (Å²) in [6.07, 6.45) is -0.140. The zero-order chi connectivity index (χ0) is 18.2. The van der Waals surface area contributed by atoms with Gasteiger partial charge in [-0.3, -0.25) is 4.79 Å². The molecule has 6 nitrogen and oxygen atoms in total. The van der Waals surface area contributed by atoms with Gasteiger partial charge in [0.15, 0.2) is 0 Å². The Morgan fingerprint density at radius 2 is 1.83 bits per heavy atom. The third-order valence-corrected chi connectivity index (χ3v) is 3.08. The fourth-order valence-corrected chi connectivity index (χ4v) is 1.84. The molecule has 0 aliphatic rings. The van der Waals surface area contributed by atoms with Crippen LogP contribution in [0.4, 0.5) is 4.39 Å². The predicted molar refractivity (Wildman–Crippen MR) is 93.0 cm³/mol. The lowest BCUT2D eigenvalue weighted by Gasteiger charge is -2.15. The Balaban J connectivity index is 3.42. The van der Waals surface area contributed by atoms with Crippen LogP contribution in [0.3, 0.4) is 0 Å². The molecular formula is C17H35FN2O4. The van der Waals surface area contributed by atoms with Gasteiger partial charge in [0.25, 0.3) is 0 Å². The molecule has 2 unspecified atom stereocenters. The summed E-state index contributed by atoms with van der Waals surface area (Å²) in [5.74, 6) is -0.125. The number of nitrogens with one attached hydrogen (secondary N) is 2. The van der Waals surface area contributed by atoms with Crippen LogP contribution in [0.1, 0.15) is 40.5 Å². The van der Waals surface area contributed by atoms with E-state index in [9.17, 15) is 9.18 Å². The summed E-state index contributed by atoms with van der Waals surface area (Å²) in [5.41, 5.74) is 0. The molecule has 0 aromatic carbocycles. The lowest BCUT2D eigenvalue weighted by Crippen LogP contribution is -2.32. The van der Waals surface area contributed by atoms with Crippen molar-refractivity contribution in [3.63, 3.8) is 0 Å². The molecule has 0 radical (unpaired) electrons. The Kier molecular flexibility index (Phi) is 15.3. The highest BCUT2D eigenvalue weighted by Crippen LogP contribution is 1.97. The number of alkyl halides is 1. The van der Waals surface area contributed by atoms with E-state index in [-0.39, 0.29) is 25.2 Å². The maximum absolute atomic E-state index is 13.5. The average molecular weight is 350 g/mol. The van der Waals surface area contributed by atoms with Gasteiger partial charge in [0.1, 0.15) is 6.17 Å². The topological polar surface area (TPSA) is 68.8 Å². The van der Waals surface area contributed by atoms with Crippen LogP contribution in [-0.4, -0.2) is 70.3 Å². The summed E-state index contributed by atoms with van der Waals surface area (Å²) in [5, 5.41) is 5.80. The minimum atomic E-state index is -1.20. The first-order valence-electron chi connectivity index (χ1n) is 8.86. The van der Waals surface area contributed by atoms with Gasteiger partial charge in [-0.15, -0.1) is 0 Å². The third kappa shape index (κ3) is 16.1. The van der Waals surface area contributed by atoms with Crippen molar-refractivity contribution < 1.29 is 23.4 Å². The van der Waals surface area contributed by atoms with Gasteiger partial charge in [-0.05, 0) is 13.3 Å². The molecular weight excluding hydrogens is 315 g/mol. The summed E-state index contributed by atoms with van der Waals surface area (Å²) in [7, 11) is 0. The summed E-state index contributed by atoms with van der Waals surface area (Å²) in [6, 6.07) is 0.460. The zero-order valence-corrected chi connectivity index (χ0v) is 15.6. The smallest absolute Gasteiger partial charge is 0.220 e. The van der Waals surface area contributed by atoms with Crippen LogP contribution < -0.4 is 10.6 Å². The number of amides is 1. The monoisotopic (exact) mass is 350 g/mol. The molecule has 0 heterocycles. The molecule has 144 valence electrons. The third-order valence-electron chi connectivity index (χ3n) is 3.08. The van der Waals surface area contributed by atoms with Crippen molar-refractivity contribution in [2.24, 2.45) is 0 Å². The second-order valence-electron chi connectivity index (χ2n) is 6.09. The Hall–Kier alpha value is -0.760. The molecule has 0 rings (SSSR count). The Morgan fingerprint density at radius 3 is 2.50 bits per heavy atom. The minimum Gasteiger partial charge on any atom is -0.378 e. The van der Waals surface area contributed by atoms with E-state index in [1.165, 1.54) is 0 Å². The van der Waals surface area contributed by atoms with Crippen molar-refractivity contribution in [3.05, 3.63) is 0 Å². The van der Waals surface area contributed by atoms with Crippen LogP contribution in [0.2, 0.25) is 0 Å². The molecule has 0 spiro atoms. The molecule has 0 aliphatic heterocycles. The molecule has 2 atom stereocenters. The molecule has 0 bridgehead atoms. The SMILES string of the molecule is CCCC(=O)NCC(F)COCC(C)OCCOCCNC(C)C. The summed E-state index contributed by atoms with van der Waals surface area (Å²) in [4.78, 5) is 11.2. The first kappa shape index (κ1) is 23.2. The number of hydrogen-bond donors (Lipinski definition) is 2. The number of carbonyl (C=O) groups excluding carboxylic acids is 1. The first-order valence-corrected chi connectivity index (χ1v) is 8.86.